The monoisotopic (exact) mass is 348 g/mol. The molecule has 0 saturated heterocycles. The van der Waals surface area contributed by atoms with E-state index in [1.54, 1.807) is 24.4 Å². The number of ether oxygens (including phenoxy) is 3. The van der Waals surface area contributed by atoms with Crippen molar-refractivity contribution in [1.82, 2.24) is 0 Å². The first-order valence-electron chi connectivity index (χ1n) is 7.03. The molecule has 0 heterocycles. The Labute approximate surface area is 145 Å². The predicted molar refractivity (Wildman–Crippen MR) is 93.5 cm³/mol. The van der Waals surface area contributed by atoms with Crippen LogP contribution in [0.2, 0.25) is 5.02 Å². The number of anilines is 1. The SMILES string of the molecule is COc1cc(/C=N\Nc2ccccc2Cl)cc(OC)c1OC(C)=O. The van der Waals surface area contributed by atoms with Crippen LogP contribution in [0.25, 0.3) is 0 Å². The van der Waals surface area contributed by atoms with E-state index in [0.29, 0.717) is 27.8 Å². The average molecular weight is 349 g/mol. The molecule has 0 amide bonds. The number of benzene rings is 2. The zero-order valence-corrected chi connectivity index (χ0v) is 14.3. The van der Waals surface area contributed by atoms with E-state index in [1.807, 2.05) is 18.2 Å². The average Bonchev–Trinajstić information content (AvgIpc) is 2.57. The highest BCUT2D eigenvalue weighted by atomic mass is 35.5. The van der Waals surface area contributed by atoms with E-state index in [9.17, 15) is 4.79 Å². The summed E-state index contributed by atoms with van der Waals surface area (Å²) in [5.41, 5.74) is 4.23. The molecule has 0 fully saturated rings. The van der Waals surface area contributed by atoms with Gasteiger partial charge in [-0.05, 0) is 24.3 Å². The maximum absolute atomic E-state index is 11.2. The Bertz CT molecular complexity index is 737. The third kappa shape index (κ3) is 4.39. The number of carbonyl (C=O) groups is 1. The Morgan fingerprint density at radius 3 is 2.33 bits per heavy atom. The van der Waals surface area contributed by atoms with Crippen molar-refractivity contribution in [2.45, 2.75) is 6.92 Å². The van der Waals surface area contributed by atoms with E-state index in [4.69, 9.17) is 25.8 Å². The first-order chi connectivity index (χ1) is 11.5. The molecule has 0 unspecified atom stereocenters. The van der Waals surface area contributed by atoms with Gasteiger partial charge in [-0.15, -0.1) is 0 Å². The van der Waals surface area contributed by atoms with Crippen molar-refractivity contribution in [3.05, 3.63) is 47.0 Å². The van der Waals surface area contributed by atoms with Gasteiger partial charge in [-0.3, -0.25) is 10.2 Å². The van der Waals surface area contributed by atoms with Gasteiger partial charge in [0.15, 0.2) is 11.5 Å². The number of hydrogen-bond acceptors (Lipinski definition) is 6. The molecule has 2 aromatic carbocycles. The van der Waals surface area contributed by atoms with Crippen molar-refractivity contribution in [2.75, 3.05) is 19.6 Å². The zero-order valence-electron chi connectivity index (χ0n) is 13.5. The molecule has 0 bridgehead atoms. The quantitative estimate of drug-likeness (QED) is 0.373. The second-order valence-corrected chi connectivity index (χ2v) is 5.11. The summed E-state index contributed by atoms with van der Waals surface area (Å²) in [5.74, 6) is 0.490. The summed E-state index contributed by atoms with van der Waals surface area (Å²) in [5, 5.41) is 4.70. The highest BCUT2D eigenvalue weighted by Crippen LogP contribution is 2.38. The molecule has 2 aromatic rings. The molecule has 0 atom stereocenters. The highest BCUT2D eigenvalue weighted by Gasteiger charge is 2.15. The van der Waals surface area contributed by atoms with Crippen LogP contribution in [-0.2, 0) is 4.79 Å². The van der Waals surface area contributed by atoms with Crippen LogP contribution in [0.1, 0.15) is 12.5 Å². The van der Waals surface area contributed by atoms with Gasteiger partial charge in [-0.1, -0.05) is 23.7 Å². The van der Waals surface area contributed by atoms with Crippen LogP contribution < -0.4 is 19.6 Å². The largest absolute Gasteiger partial charge is 0.493 e. The zero-order chi connectivity index (χ0) is 17.5. The lowest BCUT2D eigenvalue weighted by molar-refractivity contribution is -0.132. The van der Waals surface area contributed by atoms with Crippen LogP contribution in [0.5, 0.6) is 17.2 Å². The van der Waals surface area contributed by atoms with Crippen molar-refractivity contribution in [2.24, 2.45) is 5.10 Å². The van der Waals surface area contributed by atoms with Gasteiger partial charge in [-0.25, -0.2) is 0 Å². The minimum Gasteiger partial charge on any atom is -0.493 e. The van der Waals surface area contributed by atoms with Crippen molar-refractivity contribution >= 4 is 29.5 Å². The van der Waals surface area contributed by atoms with E-state index >= 15 is 0 Å². The fraction of sp³-hybridized carbons (Fsp3) is 0.176. The molecule has 6 nitrogen and oxygen atoms in total. The van der Waals surface area contributed by atoms with Crippen LogP contribution in [0.3, 0.4) is 0 Å². The molecule has 0 aliphatic carbocycles. The van der Waals surface area contributed by atoms with Gasteiger partial charge < -0.3 is 14.2 Å². The molecule has 1 N–H and O–H groups in total. The molecule has 0 radical (unpaired) electrons. The number of carbonyl (C=O) groups excluding carboxylic acids is 1. The number of nitrogens with one attached hydrogen (secondary N) is 1. The van der Waals surface area contributed by atoms with E-state index in [2.05, 4.69) is 10.5 Å². The van der Waals surface area contributed by atoms with Crippen LogP contribution in [0, 0.1) is 0 Å². The molecular weight excluding hydrogens is 332 g/mol. The maximum atomic E-state index is 11.2. The summed E-state index contributed by atoms with van der Waals surface area (Å²) in [6.07, 6.45) is 1.58. The van der Waals surface area contributed by atoms with Gasteiger partial charge >= 0.3 is 5.97 Å². The highest BCUT2D eigenvalue weighted by molar-refractivity contribution is 6.33. The Morgan fingerprint density at radius 1 is 1.17 bits per heavy atom. The third-order valence-corrected chi connectivity index (χ3v) is 3.33. The second kappa shape index (κ2) is 8.21. The van der Waals surface area contributed by atoms with Gasteiger partial charge in [-0.2, -0.15) is 5.10 Å². The molecule has 24 heavy (non-hydrogen) atoms. The molecule has 0 aliphatic rings. The van der Waals surface area contributed by atoms with Gasteiger partial charge in [0.1, 0.15) is 0 Å². The summed E-state index contributed by atoms with van der Waals surface area (Å²) < 4.78 is 15.6. The molecule has 0 saturated carbocycles. The minimum absolute atomic E-state index is 0.226. The van der Waals surface area contributed by atoms with Crippen LogP contribution in [-0.4, -0.2) is 26.4 Å². The number of methoxy groups -OCH3 is 2. The molecular formula is C17H17ClN2O4. The lowest BCUT2D eigenvalue weighted by atomic mass is 10.2. The van der Waals surface area contributed by atoms with Gasteiger partial charge in [0.25, 0.3) is 0 Å². The van der Waals surface area contributed by atoms with E-state index in [1.165, 1.54) is 21.1 Å². The lowest BCUT2D eigenvalue weighted by Crippen LogP contribution is -2.05. The Balaban J connectivity index is 2.26. The van der Waals surface area contributed by atoms with Crippen LogP contribution >= 0.6 is 11.6 Å². The number of halogens is 1. The third-order valence-electron chi connectivity index (χ3n) is 3.00. The molecule has 2 rings (SSSR count). The number of para-hydroxylation sites is 1. The van der Waals surface area contributed by atoms with E-state index in [-0.39, 0.29) is 5.75 Å². The predicted octanol–water partition coefficient (Wildman–Crippen LogP) is 3.73. The standard InChI is InChI=1S/C17H17ClN2O4/c1-11(21)24-17-15(22-2)8-12(9-16(17)23-3)10-19-20-14-7-5-4-6-13(14)18/h4-10,20H,1-3H3/b19-10-. The smallest absolute Gasteiger partial charge is 0.308 e. The fourth-order valence-corrected chi connectivity index (χ4v) is 2.13. The Kier molecular flexibility index (Phi) is 6.03. The first kappa shape index (κ1) is 17.6. The molecule has 7 heteroatoms. The number of hydrogen-bond donors (Lipinski definition) is 1. The number of esters is 1. The van der Waals surface area contributed by atoms with Gasteiger partial charge in [0.05, 0.1) is 31.1 Å². The summed E-state index contributed by atoms with van der Waals surface area (Å²) >= 11 is 6.05. The second-order valence-electron chi connectivity index (χ2n) is 4.70. The molecule has 0 aliphatic heterocycles. The summed E-state index contributed by atoms with van der Waals surface area (Å²) in [6.45, 7) is 1.31. The number of nitrogens with zero attached hydrogens (tertiary/aromatic N) is 1. The normalized spacial score (nSPS) is 10.5. The lowest BCUT2D eigenvalue weighted by Gasteiger charge is -2.13. The summed E-state index contributed by atoms with van der Waals surface area (Å²) in [4.78, 5) is 11.2. The maximum Gasteiger partial charge on any atom is 0.308 e. The molecule has 0 spiro atoms. The first-order valence-corrected chi connectivity index (χ1v) is 7.41. The molecule has 126 valence electrons. The topological polar surface area (TPSA) is 69.2 Å². The number of hydrazone groups is 1. The molecule has 0 aromatic heterocycles. The fourth-order valence-electron chi connectivity index (χ4n) is 1.95. The van der Waals surface area contributed by atoms with Crippen LogP contribution in [0.15, 0.2) is 41.5 Å². The van der Waals surface area contributed by atoms with Crippen LogP contribution in [0.4, 0.5) is 5.69 Å². The van der Waals surface area contributed by atoms with Gasteiger partial charge in [0.2, 0.25) is 5.75 Å². The minimum atomic E-state index is -0.464. The van der Waals surface area contributed by atoms with E-state index in [0.717, 1.165) is 0 Å². The summed E-state index contributed by atoms with van der Waals surface area (Å²) in [7, 11) is 2.95. The van der Waals surface area contributed by atoms with Gasteiger partial charge in [0, 0.05) is 12.5 Å². The van der Waals surface area contributed by atoms with Crippen molar-refractivity contribution in [3.63, 3.8) is 0 Å². The Morgan fingerprint density at radius 2 is 1.79 bits per heavy atom. The summed E-state index contributed by atoms with van der Waals surface area (Å²) in [6, 6.07) is 10.6. The van der Waals surface area contributed by atoms with Crippen molar-refractivity contribution in [3.8, 4) is 17.2 Å². The van der Waals surface area contributed by atoms with E-state index < -0.39 is 5.97 Å². The Hall–Kier alpha value is -2.73. The van der Waals surface area contributed by atoms with Crippen molar-refractivity contribution in [1.29, 1.82) is 0 Å². The number of rotatable bonds is 6. The van der Waals surface area contributed by atoms with Crippen molar-refractivity contribution < 1.29 is 19.0 Å².